The third kappa shape index (κ3) is 3.14. The molecule has 3 nitrogen and oxygen atoms in total. The van der Waals surface area contributed by atoms with Crippen molar-refractivity contribution in [2.45, 2.75) is 57.0 Å². The molecule has 4 heteroatoms. The van der Waals surface area contributed by atoms with E-state index in [0.717, 1.165) is 19.6 Å². The van der Waals surface area contributed by atoms with Gasteiger partial charge in [0.2, 0.25) is 5.91 Å². The average Bonchev–Trinajstić information content (AvgIpc) is 2.57. The summed E-state index contributed by atoms with van der Waals surface area (Å²) in [5, 5.41) is 0.0266. The Bertz CT molecular complexity index is 275. The van der Waals surface area contributed by atoms with Gasteiger partial charge in [0.15, 0.2) is 0 Å². The van der Waals surface area contributed by atoms with Crippen molar-refractivity contribution in [3.8, 4) is 0 Å². The van der Waals surface area contributed by atoms with Gasteiger partial charge in [0, 0.05) is 38.1 Å². The summed E-state index contributed by atoms with van der Waals surface area (Å²) in [7, 11) is 0. The molecule has 2 aliphatic rings. The maximum Gasteiger partial charge on any atom is 0.224 e. The second-order valence-electron chi connectivity index (χ2n) is 5.51. The Labute approximate surface area is 109 Å². The van der Waals surface area contributed by atoms with Gasteiger partial charge in [-0.25, -0.2) is 0 Å². The highest BCUT2D eigenvalue weighted by Gasteiger charge is 2.30. The minimum atomic E-state index is 0.0266. The number of likely N-dealkylation sites (tertiary alicyclic amines) is 2. The zero-order valence-electron chi connectivity index (χ0n) is 10.9. The van der Waals surface area contributed by atoms with Crippen LogP contribution in [0.4, 0.5) is 0 Å². The topological polar surface area (TPSA) is 23.6 Å². The van der Waals surface area contributed by atoms with Gasteiger partial charge >= 0.3 is 0 Å². The van der Waals surface area contributed by atoms with Crippen molar-refractivity contribution < 1.29 is 4.79 Å². The first-order valence-corrected chi connectivity index (χ1v) is 7.19. The monoisotopic (exact) mass is 258 g/mol. The summed E-state index contributed by atoms with van der Waals surface area (Å²) >= 11 is 6.00. The summed E-state index contributed by atoms with van der Waals surface area (Å²) in [5.41, 5.74) is 0. The normalized spacial score (nSPS) is 35.6. The first-order valence-electron chi connectivity index (χ1n) is 6.75. The number of rotatable bonds is 3. The van der Waals surface area contributed by atoms with Crippen molar-refractivity contribution in [2.75, 3.05) is 19.6 Å². The molecule has 3 unspecified atom stereocenters. The van der Waals surface area contributed by atoms with Gasteiger partial charge in [-0.2, -0.15) is 0 Å². The molecule has 2 rings (SSSR count). The number of piperidine rings is 1. The van der Waals surface area contributed by atoms with Crippen LogP contribution in [-0.4, -0.2) is 52.8 Å². The Morgan fingerprint density at radius 2 is 1.88 bits per heavy atom. The lowest BCUT2D eigenvalue weighted by Crippen LogP contribution is -2.47. The molecule has 0 aliphatic carbocycles. The summed E-state index contributed by atoms with van der Waals surface area (Å²) in [4.78, 5) is 16.1. The molecule has 0 N–H and O–H groups in total. The second kappa shape index (κ2) is 5.57. The average molecular weight is 259 g/mol. The Morgan fingerprint density at radius 1 is 1.24 bits per heavy atom. The van der Waals surface area contributed by atoms with E-state index in [4.69, 9.17) is 11.6 Å². The van der Waals surface area contributed by atoms with Gasteiger partial charge < -0.3 is 4.90 Å². The highest BCUT2D eigenvalue weighted by Crippen LogP contribution is 2.23. The Morgan fingerprint density at radius 3 is 2.41 bits per heavy atom. The molecule has 1 amide bonds. The van der Waals surface area contributed by atoms with Crippen LogP contribution in [0.3, 0.4) is 0 Å². The predicted molar refractivity (Wildman–Crippen MR) is 70.3 cm³/mol. The van der Waals surface area contributed by atoms with E-state index in [1.807, 2.05) is 4.90 Å². The SMILES string of the molecule is CC1CCCC(C)N1CCN1CC(Cl)CC1=O. The van der Waals surface area contributed by atoms with Gasteiger partial charge in [0.05, 0.1) is 5.38 Å². The van der Waals surface area contributed by atoms with Crippen molar-refractivity contribution in [3.63, 3.8) is 0 Å². The molecule has 3 atom stereocenters. The Hall–Kier alpha value is -0.280. The molecule has 0 aromatic rings. The molecule has 0 bridgehead atoms. The van der Waals surface area contributed by atoms with E-state index in [1.54, 1.807) is 0 Å². The number of hydrogen-bond acceptors (Lipinski definition) is 2. The van der Waals surface area contributed by atoms with E-state index in [0.29, 0.717) is 18.5 Å². The van der Waals surface area contributed by atoms with Gasteiger partial charge in [-0.3, -0.25) is 9.69 Å². The van der Waals surface area contributed by atoms with E-state index < -0.39 is 0 Å². The van der Waals surface area contributed by atoms with Crippen LogP contribution in [0.15, 0.2) is 0 Å². The molecular weight excluding hydrogens is 236 g/mol. The van der Waals surface area contributed by atoms with Crippen LogP contribution in [-0.2, 0) is 4.79 Å². The van der Waals surface area contributed by atoms with Gasteiger partial charge in [-0.15, -0.1) is 11.6 Å². The van der Waals surface area contributed by atoms with Crippen LogP contribution < -0.4 is 0 Å². The number of nitrogens with zero attached hydrogens (tertiary/aromatic N) is 2. The number of hydrogen-bond donors (Lipinski definition) is 0. The summed E-state index contributed by atoms with van der Waals surface area (Å²) < 4.78 is 0. The zero-order chi connectivity index (χ0) is 12.4. The Balaban J connectivity index is 1.82. The molecule has 2 saturated heterocycles. The number of halogens is 1. The molecule has 0 radical (unpaired) electrons. The first kappa shape index (κ1) is 13.2. The molecule has 0 saturated carbocycles. The second-order valence-corrected chi connectivity index (χ2v) is 6.13. The molecule has 98 valence electrons. The van der Waals surface area contributed by atoms with Crippen LogP contribution in [0.1, 0.15) is 39.5 Å². The van der Waals surface area contributed by atoms with Crippen molar-refractivity contribution in [2.24, 2.45) is 0 Å². The molecular formula is C13H23ClN2O. The van der Waals surface area contributed by atoms with Crippen molar-refractivity contribution in [1.82, 2.24) is 9.80 Å². The van der Waals surface area contributed by atoms with Crippen molar-refractivity contribution in [1.29, 1.82) is 0 Å². The standard InChI is InChI=1S/C13H23ClN2O/c1-10-4-3-5-11(2)16(10)7-6-15-9-12(14)8-13(15)17/h10-12H,3-9H2,1-2H3. The highest BCUT2D eigenvalue weighted by atomic mass is 35.5. The molecule has 2 heterocycles. The smallest absolute Gasteiger partial charge is 0.224 e. The van der Waals surface area contributed by atoms with Crippen molar-refractivity contribution in [3.05, 3.63) is 0 Å². The van der Waals surface area contributed by atoms with Crippen LogP contribution in [0.5, 0.6) is 0 Å². The first-order chi connectivity index (χ1) is 8.08. The molecule has 17 heavy (non-hydrogen) atoms. The molecule has 0 spiro atoms. The summed E-state index contributed by atoms with van der Waals surface area (Å²) in [5.74, 6) is 0.224. The van der Waals surface area contributed by atoms with Crippen LogP contribution in [0, 0.1) is 0 Å². The van der Waals surface area contributed by atoms with Gasteiger partial charge in [-0.05, 0) is 26.7 Å². The quantitative estimate of drug-likeness (QED) is 0.724. The minimum Gasteiger partial charge on any atom is -0.340 e. The number of carbonyl (C=O) groups excluding carboxylic acids is 1. The van der Waals surface area contributed by atoms with Crippen LogP contribution >= 0.6 is 11.6 Å². The minimum absolute atomic E-state index is 0.0266. The maximum absolute atomic E-state index is 11.6. The van der Waals surface area contributed by atoms with Crippen molar-refractivity contribution >= 4 is 17.5 Å². The van der Waals surface area contributed by atoms with Gasteiger partial charge in [0.1, 0.15) is 0 Å². The molecule has 2 aliphatic heterocycles. The maximum atomic E-state index is 11.6. The summed E-state index contributed by atoms with van der Waals surface area (Å²) in [6, 6.07) is 1.31. The fourth-order valence-electron chi connectivity index (χ4n) is 3.09. The fourth-order valence-corrected chi connectivity index (χ4v) is 3.39. The van der Waals surface area contributed by atoms with Crippen LogP contribution in [0.2, 0.25) is 0 Å². The molecule has 2 fully saturated rings. The summed E-state index contributed by atoms with van der Waals surface area (Å²) in [6.07, 6.45) is 4.44. The van der Waals surface area contributed by atoms with E-state index in [2.05, 4.69) is 18.7 Å². The number of alkyl halides is 1. The lowest BCUT2D eigenvalue weighted by molar-refractivity contribution is -0.128. The highest BCUT2D eigenvalue weighted by molar-refractivity contribution is 6.22. The molecule has 0 aromatic heterocycles. The van der Waals surface area contributed by atoms with E-state index >= 15 is 0 Å². The fraction of sp³-hybridized carbons (Fsp3) is 0.923. The summed E-state index contributed by atoms with van der Waals surface area (Å²) in [6.45, 7) is 7.17. The third-order valence-corrected chi connectivity index (χ3v) is 4.46. The zero-order valence-corrected chi connectivity index (χ0v) is 11.6. The van der Waals surface area contributed by atoms with Gasteiger partial charge in [0.25, 0.3) is 0 Å². The number of amides is 1. The van der Waals surface area contributed by atoms with Crippen LogP contribution in [0.25, 0.3) is 0 Å². The largest absolute Gasteiger partial charge is 0.340 e. The molecule has 0 aromatic carbocycles. The Kier molecular flexibility index (Phi) is 4.31. The van der Waals surface area contributed by atoms with E-state index in [9.17, 15) is 4.79 Å². The van der Waals surface area contributed by atoms with Gasteiger partial charge in [-0.1, -0.05) is 6.42 Å². The lowest BCUT2D eigenvalue weighted by atomic mass is 9.98. The predicted octanol–water partition coefficient (Wildman–Crippen LogP) is 2.09. The number of carbonyl (C=O) groups is 1. The third-order valence-electron chi connectivity index (χ3n) is 4.17. The lowest BCUT2D eigenvalue weighted by Gasteiger charge is -2.39. The van der Waals surface area contributed by atoms with E-state index in [-0.39, 0.29) is 11.3 Å². The van der Waals surface area contributed by atoms with E-state index in [1.165, 1.54) is 19.3 Å².